The van der Waals surface area contributed by atoms with Crippen molar-refractivity contribution < 1.29 is 44.6 Å². The highest BCUT2D eigenvalue weighted by Gasteiger charge is 2.40. The van der Waals surface area contributed by atoms with Crippen LogP contribution in [0.15, 0.2) is 53.7 Å². The maximum atomic E-state index is 13.4. The molecule has 0 saturated carbocycles. The van der Waals surface area contributed by atoms with Crippen LogP contribution in [0, 0.1) is 5.92 Å². The van der Waals surface area contributed by atoms with Gasteiger partial charge >= 0.3 is 12.1 Å². The molecule has 0 aliphatic carbocycles. The number of aliphatic carboxylic acids is 1. The van der Waals surface area contributed by atoms with E-state index in [2.05, 4.69) is 4.98 Å². The molecule has 3 heterocycles. The van der Waals surface area contributed by atoms with E-state index in [4.69, 9.17) is 20.4 Å². The number of nitrogens with zero attached hydrogens (tertiary/aromatic N) is 3. The second-order valence-corrected chi connectivity index (χ2v) is 13.2. The first-order valence-electron chi connectivity index (χ1n) is 12.3. The first-order valence-corrected chi connectivity index (χ1v) is 15.3. The minimum atomic E-state index is -5.08. The van der Waals surface area contributed by atoms with E-state index in [-0.39, 0.29) is 35.7 Å². The predicted octanol–water partition coefficient (Wildman–Crippen LogP) is 1.63. The van der Waals surface area contributed by atoms with Crippen molar-refractivity contribution in [1.29, 1.82) is 0 Å². The smallest absolute Gasteiger partial charge is 0.475 e. The Kier molecular flexibility index (Phi) is 10.6. The molecule has 0 unspecified atom stereocenters. The van der Waals surface area contributed by atoms with E-state index in [0.29, 0.717) is 44.8 Å². The molecule has 2 aromatic rings. The lowest BCUT2D eigenvalue weighted by molar-refractivity contribution is -0.192. The maximum absolute atomic E-state index is 13.4. The van der Waals surface area contributed by atoms with Gasteiger partial charge in [-0.3, -0.25) is 0 Å². The molecule has 2 atom stereocenters. The molecular formula is C24H31F3N4O7S2. The molecule has 40 heavy (non-hydrogen) atoms. The van der Waals surface area contributed by atoms with Crippen LogP contribution in [0.3, 0.4) is 0 Å². The zero-order chi connectivity index (χ0) is 29.6. The fourth-order valence-corrected chi connectivity index (χ4v) is 7.81. The number of carboxylic acids is 1. The summed E-state index contributed by atoms with van der Waals surface area (Å²) >= 11 is 0. The number of pyridine rings is 1. The number of halogens is 3. The fourth-order valence-electron chi connectivity index (χ4n) is 4.52. The SMILES string of the molecule is NCc1ccnc(S(=O)(=O)C[C@H]2C[C@H](c3ccccc3)CN(S(=O)(=O)N3CCOCC3)C2)c1.O=C(O)C(F)(F)F. The quantitative estimate of drug-likeness (QED) is 0.476. The van der Waals surface area contributed by atoms with Crippen LogP contribution < -0.4 is 5.73 Å². The molecular weight excluding hydrogens is 577 g/mol. The summed E-state index contributed by atoms with van der Waals surface area (Å²) < 4.78 is 93.1. The van der Waals surface area contributed by atoms with Gasteiger partial charge in [0.25, 0.3) is 10.2 Å². The van der Waals surface area contributed by atoms with Crippen LogP contribution in [0.5, 0.6) is 0 Å². The number of ether oxygens (including phenoxy) is 1. The first kappa shape index (κ1) is 31.9. The van der Waals surface area contributed by atoms with Crippen LogP contribution in [0.4, 0.5) is 13.2 Å². The molecule has 2 saturated heterocycles. The number of rotatable bonds is 7. The summed E-state index contributed by atoms with van der Waals surface area (Å²) in [4.78, 5) is 12.9. The van der Waals surface area contributed by atoms with Crippen LogP contribution in [0.1, 0.15) is 23.5 Å². The molecule has 0 spiro atoms. The Morgan fingerprint density at radius 1 is 1.05 bits per heavy atom. The van der Waals surface area contributed by atoms with E-state index in [1.165, 1.54) is 20.9 Å². The third-order valence-electron chi connectivity index (χ3n) is 6.45. The number of piperidine rings is 1. The number of nitrogens with two attached hydrogens (primary N) is 1. The third-order valence-corrected chi connectivity index (χ3v) is 10.2. The van der Waals surface area contributed by atoms with Gasteiger partial charge in [0, 0.05) is 38.9 Å². The number of sulfone groups is 1. The van der Waals surface area contributed by atoms with E-state index in [0.717, 1.165) is 5.56 Å². The Bertz CT molecular complexity index is 1350. The molecule has 3 N–H and O–H groups in total. The summed E-state index contributed by atoms with van der Waals surface area (Å²) in [7, 11) is -7.44. The summed E-state index contributed by atoms with van der Waals surface area (Å²) in [6, 6.07) is 12.8. The van der Waals surface area contributed by atoms with Crippen molar-refractivity contribution in [2.75, 3.05) is 45.1 Å². The van der Waals surface area contributed by atoms with Crippen molar-refractivity contribution in [3.63, 3.8) is 0 Å². The summed E-state index contributed by atoms with van der Waals surface area (Å²) in [5, 5.41) is 7.11. The number of benzene rings is 1. The number of aromatic nitrogens is 1. The molecule has 2 aliphatic rings. The van der Waals surface area contributed by atoms with Crippen LogP contribution in [0.2, 0.25) is 0 Å². The summed E-state index contributed by atoms with van der Waals surface area (Å²) in [5.41, 5.74) is 7.35. The van der Waals surface area contributed by atoms with Crippen LogP contribution in [0.25, 0.3) is 0 Å². The minimum absolute atomic E-state index is 0.0186. The molecule has 2 aliphatic heterocycles. The monoisotopic (exact) mass is 608 g/mol. The highest BCUT2D eigenvalue weighted by Crippen LogP contribution is 2.34. The van der Waals surface area contributed by atoms with Gasteiger partial charge in [-0.1, -0.05) is 30.3 Å². The molecule has 0 radical (unpaired) electrons. The Hall–Kier alpha value is -2.63. The Morgan fingerprint density at radius 3 is 2.25 bits per heavy atom. The molecule has 0 bridgehead atoms. The van der Waals surface area contributed by atoms with Crippen molar-refractivity contribution in [3.05, 3.63) is 59.8 Å². The Labute approximate surface area is 230 Å². The zero-order valence-electron chi connectivity index (χ0n) is 21.4. The lowest BCUT2D eigenvalue weighted by atomic mass is 9.86. The molecule has 11 nitrogen and oxygen atoms in total. The number of hydrogen-bond acceptors (Lipinski definition) is 8. The average molecular weight is 609 g/mol. The van der Waals surface area contributed by atoms with Gasteiger partial charge in [-0.15, -0.1) is 0 Å². The topological polar surface area (TPSA) is 160 Å². The Balaban J connectivity index is 0.000000559. The summed E-state index contributed by atoms with van der Waals surface area (Å²) in [6.07, 6.45) is -3.06. The van der Waals surface area contributed by atoms with E-state index >= 15 is 0 Å². The highest BCUT2D eigenvalue weighted by atomic mass is 32.2. The van der Waals surface area contributed by atoms with Crippen LogP contribution >= 0.6 is 0 Å². The van der Waals surface area contributed by atoms with Gasteiger partial charge in [-0.2, -0.15) is 30.2 Å². The van der Waals surface area contributed by atoms with Gasteiger partial charge in [0.15, 0.2) is 14.9 Å². The zero-order valence-corrected chi connectivity index (χ0v) is 23.0. The van der Waals surface area contributed by atoms with Crippen LogP contribution in [-0.4, -0.2) is 92.8 Å². The molecule has 2 fully saturated rings. The second kappa shape index (κ2) is 13.4. The number of carbonyl (C=O) groups is 1. The van der Waals surface area contributed by atoms with Crippen molar-refractivity contribution in [2.45, 2.75) is 30.1 Å². The molecule has 0 amide bonds. The highest BCUT2D eigenvalue weighted by molar-refractivity contribution is 7.91. The van der Waals surface area contributed by atoms with Gasteiger partial charge in [0.05, 0.1) is 19.0 Å². The maximum Gasteiger partial charge on any atom is 0.490 e. The molecule has 222 valence electrons. The van der Waals surface area contributed by atoms with E-state index in [1.807, 2.05) is 30.3 Å². The Morgan fingerprint density at radius 2 is 1.68 bits per heavy atom. The van der Waals surface area contributed by atoms with Crippen molar-refractivity contribution in [3.8, 4) is 0 Å². The number of carboxylic acid groups (broad SMARTS) is 1. The van der Waals surface area contributed by atoms with Gasteiger partial charge in [0.2, 0.25) is 0 Å². The van der Waals surface area contributed by atoms with Crippen molar-refractivity contribution in [1.82, 2.24) is 13.6 Å². The second-order valence-electron chi connectivity index (χ2n) is 9.34. The van der Waals surface area contributed by atoms with Gasteiger partial charge in [-0.25, -0.2) is 18.2 Å². The first-order chi connectivity index (χ1) is 18.7. The number of morpholine rings is 1. The van der Waals surface area contributed by atoms with E-state index in [9.17, 15) is 30.0 Å². The standard InChI is InChI=1S/C22H30N4O5S2.C2HF3O2/c23-14-18-6-7-24-22(13-18)32(27,28)17-19-12-21(20-4-2-1-3-5-20)16-26(15-19)33(29,30)25-8-10-31-11-9-25;3-2(4,5)1(6)7/h1-7,13,19,21H,8-12,14-17,23H2;(H,6,7)/t19-,21-;/m0./s1. The molecule has 1 aromatic heterocycles. The lowest BCUT2D eigenvalue weighted by Gasteiger charge is -2.40. The van der Waals surface area contributed by atoms with Crippen molar-refractivity contribution >= 4 is 26.0 Å². The summed E-state index contributed by atoms with van der Waals surface area (Å²) in [6.45, 7) is 2.00. The number of hydrogen-bond donors (Lipinski definition) is 2. The minimum Gasteiger partial charge on any atom is -0.475 e. The largest absolute Gasteiger partial charge is 0.490 e. The molecule has 4 rings (SSSR count). The molecule has 1 aromatic carbocycles. The summed E-state index contributed by atoms with van der Waals surface area (Å²) in [5.74, 6) is -3.40. The van der Waals surface area contributed by atoms with Crippen LogP contribution in [-0.2, 0) is 36.1 Å². The third kappa shape index (κ3) is 8.44. The van der Waals surface area contributed by atoms with E-state index < -0.39 is 32.2 Å². The van der Waals surface area contributed by atoms with Crippen molar-refractivity contribution in [2.24, 2.45) is 11.7 Å². The predicted molar refractivity (Wildman–Crippen MR) is 138 cm³/mol. The van der Waals surface area contributed by atoms with Gasteiger partial charge in [0.1, 0.15) is 0 Å². The van der Waals surface area contributed by atoms with Gasteiger partial charge < -0.3 is 15.6 Å². The molecule has 16 heteroatoms. The number of alkyl halides is 3. The van der Waals surface area contributed by atoms with Gasteiger partial charge in [-0.05, 0) is 41.5 Å². The van der Waals surface area contributed by atoms with E-state index in [1.54, 1.807) is 6.07 Å². The lowest BCUT2D eigenvalue weighted by Crippen LogP contribution is -2.53. The average Bonchev–Trinajstić information content (AvgIpc) is 2.93. The fraction of sp³-hybridized carbons (Fsp3) is 0.500. The normalized spacial score (nSPS) is 21.3.